The summed E-state index contributed by atoms with van der Waals surface area (Å²) < 4.78 is 7.20. The second kappa shape index (κ2) is 7.77. The molecule has 3 N–H and O–H groups in total. The number of carbonyl (C=O) groups excluding carboxylic acids is 1. The second-order valence-electron chi connectivity index (χ2n) is 7.64. The van der Waals surface area contributed by atoms with Crippen LogP contribution in [0.4, 0.5) is 11.6 Å². The van der Waals surface area contributed by atoms with Crippen LogP contribution in [0.1, 0.15) is 18.5 Å². The van der Waals surface area contributed by atoms with Crippen molar-refractivity contribution in [1.29, 1.82) is 0 Å². The molecule has 0 radical (unpaired) electrons. The Kier molecular flexibility index (Phi) is 4.78. The fraction of sp³-hybridized carbons (Fsp3) is 0.120. The van der Waals surface area contributed by atoms with Crippen LogP contribution in [0.15, 0.2) is 84.1 Å². The predicted octanol–water partition coefficient (Wildman–Crippen LogP) is 4.68. The van der Waals surface area contributed by atoms with Crippen LogP contribution in [-0.2, 0) is 4.79 Å². The second-order valence-corrected chi connectivity index (χ2v) is 7.64. The molecule has 3 aromatic carbocycles. The van der Waals surface area contributed by atoms with E-state index < -0.39 is 6.04 Å². The maximum absolute atomic E-state index is 13.5. The van der Waals surface area contributed by atoms with E-state index in [1.807, 2.05) is 41.8 Å². The monoisotopic (exact) mass is 426 g/mol. The minimum atomic E-state index is -0.469. The lowest BCUT2D eigenvalue weighted by molar-refractivity contribution is -0.113. The highest BCUT2D eigenvalue weighted by atomic mass is 16.5. The number of hydrogen-bond acceptors (Lipinski definition) is 5. The van der Waals surface area contributed by atoms with E-state index in [1.54, 1.807) is 49.6 Å². The summed E-state index contributed by atoms with van der Waals surface area (Å²) in [6, 6.07) is 21.5. The molecule has 0 unspecified atom stereocenters. The van der Waals surface area contributed by atoms with Crippen LogP contribution in [0.3, 0.4) is 0 Å². The number of ether oxygens (including phenoxy) is 1. The fourth-order valence-corrected chi connectivity index (χ4v) is 4.14. The highest BCUT2D eigenvalue weighted by molar-refractivity contribution is 6.06. The van der Waals surface area contributed by atoms with Gasteiger partial charge in [0.05, 0.1) is 29.8 Å². The highest BCUT2D eigenvalue weighted by Gasteiger charge is 2.34. The van der Waals surface area contributed by atoms with Crippen LogP contribution in [0.25, 0.3) is 11.0 Å². The largest absolute Gasteiger partial charge is 0.508 e. The molecule has 0 bridgehead atoms. The number of amides is 1. The third-order valence-electron chi connectivity index (χ3n) is 5.61. The first-order chi connectivity index (χ1) is 15.5. The summed E-state index contributed by atoms with van der Waals surface area (Å²) in [5.74, 6) is 1.26. The first kappa shape index (κ1) is 19.7. The molecule has 0 spiro atoms. The number of aromatic nitrogens is 2. The van der Waals surface area contributed by atoms with Gasteiger partial charge in [0.2, 0.25) is 5.95 Å². The molecule has 1 aliphatic heterocycles. The first-order valence-electron chi connectivity index (χ1n) is 10.2. The number of allylic oxidation sites excluding steroid dienone is 1. The van der Waals surface area contributed by atoms with E-state index in [0.717, 1.165) is 16.6 Å². The Labute approximate surface area is 185 Å². The van der Waals surface area contributed by atoms with Crippen LogP contribution in [-0.4, -0.2) is 27.7 Å². The highest BCUT2D eigenvalue weighted by Crippen LogP contribution is 2.40. The van der Waals surface area contributed by atoms with Crippen molar-refractivity contribution in [2.24, 2.45) is 0 Å². The molecule has 7 heteroatoms. The number of carbonyl (C=O) groups is 1. The Hall–Kier alpha value is -4.26. The number of aromatic hydroxyl groups is 1. The standard InChI is InChI=1S/C25H22N4O3/c1-15-22(24(31)27-17-10-12-19(32-2)13-11-17)23(16-6-5-7-18(30)14-16)29-21-9-4-3-8-20(21)28-25(29)26-15/h3-14,23,30H,1-2H3,(H,26,28)(H,27,31)/t23-/m1/s1. The molecule has 0 aliphatic carbocycles. The number of nitrogens with one attached hydrogen (secondary N) is 2. The van der Waals surface area contributed by atoms with Gasteiger partial charge in [-0.15, -0.1) is 0 Å². The van der Waals surface area contributed by atoms with Crippen LogP contribution in [0.2, 0.25) is 0 Å². The Bertz CT molecular complexity index is 1360. The maximum atomic E-state index is 13.5. The van der Waals surface area contributed by atoms with Crippen LogP contribution in [0, 0.1) is 0 Å². The summed E-state index contributed by atoms with van der Waals surface area (Å²) in [5.41, 5.74) is 4.41. The number of para-hydroxylation sites is 2. The molecule has 1 aliphatic rings. The number of fused-ring (bicyclic) bond motifs is 3. The number of anilines is 2. The minimum Gasteiger partial charge on any atom is -0.508 e. The molecule has 1 aromatic heterocycles. The van der Waals surface area contributed by atoms with Gasteiger partial charge in [0.15, 0.2) is 0 Å². The summed E-state index contributed by atoms with van der Waals surface area (Å²) in [4.78, 5) is 18.2. The number of nitrogens with zero attached hydrogens (tertiary/aromatic N) is 2. The van der Waals surface area contributed by atoms with Crippen molar-refractivity contribution in [3.8, 4) is 11.5 Å². The number of phenols is 1. The van der Waals surface area contributed by atoms with Crippen molar-refractivity contribution in [1.82, 2.24) is 9.55 Å². The topological polar surface area (TPSA) is 88.4 Å². The average Bonchev–Trinajstić information content (AvgIpc) is 3.16. The van der Waals surface area contributed by atoms with E-state index >= 15 is 0 Å². The van der Waals surface area contributed by atoms with Gasteiger partial charge in [-0.3, -0.25) is 9.36 Å². The summed E-state index contributed by atoms with van der Waals surface area (Å²) in [5, 5.41) is 16.4. The zero-order chi connectivity index (χ0) is 22.2. The summed E-state index contributed by atoms with van der Waals surface area (Å²) in [7, 11) is 1.60. The zero-order valence-electron chi connectivity index (χ0n) is 17.7. The molecule has 1 atom stereocenters. The van der Waals surface area contributed by atoms with E-state index in [4.69, 9.17) is 9.72 Å². The summed E-state index contributed by atoms with van der Waals surface area (Å²) in [6.45, 7) is 1.86. The van der Waals surface area contributed by atoms with Crippen molar-refractivity contribution >= 4 is 28.6 Å². The van der Waals surface area contributed by atoms with Crippen molar-refractivity contribution in [3.05, 3.63) is 89.6 Å². The number of benzene rings is 3. The molecule has 4 aromatic rings. The van der Waals surface area contributed by atoms with E-state index in [2.05, 4.69) is 10.6 Å². The minimum absolute atomic E-state index is 0.138. The maximum Gasteiger partial charge on any atom is 0.255 e. The molecular weight excluding hydrogens is 404 g/mol. The van der Waals surface area contributed by atoms with Crippen molar-refractivity contribution in [2.75, 3.05) is 17.7 Å². The van der Waals surface area contributed by atoms with E-state index in [1.165, 1.54) is 0 Å². The van der Waals surface area contributed by atoms with Gasteiger partial charge in [0, 0.05) is 11.4 Å². The van der Waals surface area contributed by atoms with Gasteiger partial charge in [-0.2, -0.15) is 0 Å². The smallest absolute Gasteiger partial charge is 0.255 e. The summed E-state index contributed by atoms with van der Waals surface area (Å²) >= 11 is 0. The first-order valence-corrected chi connectivity index (χ1v) is 10.2. The number of imidazole rings is 1. The molecule has 32 heavy (non-hydrogen) atoms. The van der Waals surface area contributed by atoms with Gasteiger partial charge in [-0.05, 0) is 61.0 Å². The molecule has 5 rings (SSSR count). The van der Waals surface area contributed by atoms with E-state index in [9.17, 15) is 9.90 Å². The number of rotatable bonds is 4. The fourth-order valence-electron chi connectivity index (χ4n) is 4.14. The Morgan fingerprint density at radius 2 is 1.88 bits per heavy atom. The number of methoxy groups -OCH3 is 1. The van der Waals surface area contributed by atoms with Gasteiger partial charge >= 0.3 is 0 Å². The molecule has 0 fully saturated rings. The van der Waals surface area contributed by atoms with E-state index in [0.29, 0.717) is 28.7 Å². The lowest BCUT2D eigenvalue weighted by atomic mass is 9.94. The Balaban J connectivity index is 1.63. The van der Waals surface area contributed by atoms with Crippen LogP contribution in [0.5, 0.6) is 11.5 Å². The number of hydrogen-bond donors (Lipinski definition) is 3. The van der Waals surface area contributed by atoms with Gasteiger partial charge in [-0.25, -0.2) is 4.98 Å². The van der Waals surface area contributed by atoms with E-state index in [-0.39, 0.29) is 11.7 Å². The lowest BCUT2D eigenvalue weighted by Gasteiger charge is -2.30. The SMILES string of the molecule is COc1ccc(NC(=O)C2=C(C)Nc3nc4ccccc4n3[C@@H]2c2cccc(O)c2)cc1. The molecule has 1 amide bonds. The van der Waals surface area contributed by atoms with Crippen molar-refractivity contribution in [2.45, 2.75) is 13.0 Å². The summed E-state index contributed by atoms with van der Waals surface area (Å²) in [6.07, 6.45) is 0. The lowest BCUT2D eigenvalue weighted by Crippen LogP contribution is -2.30. The molecule has 160 valence electrons. The van der Waals surface area contributed by atoms with Gasteiger partial charge < -0.3 is 20.5 Å². The predicted molar refractivity (Wildman–Crippen MR) is 124 cm³/mol. The molecule has 0 saturated heterocycles. The quantitative estimate of drug-likeness (QED) is 0.441. The third-order valence-corrected chi connectivity index (χ3v) is 5.61. The van der Waals surface area contributed by atoms with Gasteiger partial charge in [0.25, 0.3) is 5.91 Å². The molecule has 7 nitrogen and oxygen atoms in total. The Morgan fingerprint density at radius 3 is 2.62 bits per heavy atom. The Morgan fingerprint density at radius 1 is 1.09 bits per heavy atom. The van der Waals surface area contributed by atoms with Gasteiger partial charge in [0.1, 0.15) is 11.5 Å². The van der Waals surface area contributed by atoms with Crippen molar-refractivity contribution in [3.63, 3.8) is 0 Å². The van der Waals surface area contributed by atoms with Crippen molar-refractivity contribution < 1.29 is 14.6 Å². The zero-order valence-corrected chi connectivity index (χ0v) is 17.7. The molecule has 0 saturated carbocycles. The third kappa shape index (κ3) is 3.33. The van der Waals surface area contributed by atoms with Gasteiger partial charge in [-0.1, -0.05) is 24.3 Å². The normalized spacial score (nSPS) is 15.2. The number of phenolic OH excluding ortho intramolecular Hbond substituents is 1. The van der Waals surface area contributed by atoms with Crippen LogP contribution < -0.4 is 15.4 Å². The van der Waals surface area contributed by atoms with Crippen LogP contribution >= 0.6 is 0 Å². The molecular formula is C25H22N4O3. The average molecular weight is 426 g/mol. The molecule has 2 heterocycles.